The molecule has 1 aliphatic rings. The summed E-state index contributed by atoms with van der Waals surface area (Å²) in [6.07, 6.45) is 4.70. The molecule has 1 fully saturated rings. The van der Waals surface area contributed by atoms with E-state index < -0.39 is 0 Å². The number of carbonyl (C=O) groups is 1. The maximum atomic E-state index is 12.0. The number of hydrogen-bond donors (Lipinski definition) is 0. The first-order valence-electron chi connectivity index (χ1n) is 6.43. The van der Waals surface area contributed by atoms with Crippen LogP contribution < -0.4 is 0 Å². The van der Waals surface area contributed by atoms with Gasteiger partial charge in [-0.05, 0) is 26.7 Å². The van der Waals surface area contributed by atoms with E-state index in [1.165, 1.54) is 12.8 Å². The Balaban J connectivity index is 2.54. The van der Waals surface area contributed by atoms with Gasteiger partial charge in [-0.25, -0.2) is 0 Å². The van der Waals surface area contributed by atoms with Crippen LogP contribution in [-0.4, -0.2) is 47.9 Å². The molecule has 1 saturated carbocycles. The van der Waals surface area contributed by atoms with Gasteiger partial charge in [0.05, 0.1) is 19.2 Å². The molecule has 4 heteroatoms. The first-order valence-corrected chi connectivity index (χ1v) is 6.43. The molecule has 0 aromatic heterocycles. The van der Waals surface area contributed by atoms with Crippen LogP contribution in [0.4, 0.5) is 0 Å². The quantitative estimate of drug-likeness (QED) is 0.683. The standard InChI is InChI=1S/C13H23N3O/c1-11(2)15(3)13(17)10-16(9-8-14)12-6-4-5-7-12/h11-12H,4-7,9-10H2,1-3H3. The highest BCUT2D eigenvalue weighted by Gasteiger charge is 2.25. The Bertz CT molecular complexity index is 290. The molecule has 96 valence electrons. The van der Waals surface area contributed by atoms with Gasteiger partial charge in [0.1, 0.15) is 0 Å². The van der Waals surface area contributed by atoms with Crippen LogP contribution in [0.2, 0.25) is 0 Å². The van der Waals surface area contributed by atoms with E-state index in [4.69, 9.17) is 5.26 Å². The molecule has 0 heterocycles. The fraction of sp³-hybridized carbons (Fsp3) is 0.846. The predicted molar refractivity (Wildman–Crippen MR) is 67.3 cm³/mol. The minimum Gasteiger partial charge on any atom is -0.342 e. The Morgan fingerprint density at radius 2 is 2.00 bits per heavy atom. The number of hydrogen-bond acceptors (Lipinski definition) is 3. The van der Waals surface area contributed by atoms with Gasteiger partial charge in [-0.1, -0.05) is 12.8 Å². The Morgan fingerprint density at radius 3 is 2.47 bits per heavy atom. The monoisotopic (exact) mass is 237 g/mol. The van der Waals surface area contributed by atoms with Crippen LogP contribution in [0.25, 0.3) is 0 Å². The second-order valence-electron chi connectivity index (χ2n) is 5.10. The van der Waals surface area contributed by atoms with Crippen LogP contribution >= 0.6 is 0 Å². The molecule has 4 nitrogen and oxygen atoms in total. The highest BCUT2D eigenvalue weighted by Crippen LogP contribution is 2.23. The fourth-order valence-corrected chi connectivity index (χ4v) is 2.25. The van der Waals surface area contributed by atoms with Gasteiger partial charge in [0.15, 0.2) is 0 Å². The SMILES string of the molecule is CC(C)N(C)C(=O)CN(CC#N)C1CCCC1. The van der Waals surface area contributed by atoms with Gasteiger partial charge in [-0.15, -0.1) is 0 Å². The summed E-state index contributed by atoms with van der Waals surface area (Å²) in [6.45, 7) is 4.75. The van der Waals surface area contributed by atoms with E-state index in [2.05, 4.69) is 6.07 Å². The van der Waals surface area contributed by atoms with Crippen molar-refractivity contribution in [2.24, 2.45) is 0 Å². The van der Waals surface area contributed by atoms with Gasteiger partial charge in [-0.3, -0.25) is 9.69 Å². The van der Waals surface area contributed by atoms with Crippen molar-refractivity contribution < 1.29 is 4.79 Å². The minimum absolute atomic E-state index is 0.113. The third-order valence-corrected chi connectivity index (χ3v) is 3.62. The van der Waals surface area contributed by atoms with Crippen LogP contribution in [0, 0.1) is 11.3 Å². The highest BCUT2D eigenvalue weighted by atomic mass is 16.2. The molecule has 0 aromatic rings. The highest BCUT2D eigenvalue weighted by molar-refractivity contribution is 5.78. The summed E-state index contributed by atoms with van der Waals surface area (Å²) in [4.78, 5) is 15.8. The van der Waals surface area contributed by atoms with Gasteiger partial charge >= 0.3 is 0 Å². The van der Waals surface area contributed by atoms with Gasteiger partial charge in [0.25, 0.3) is 0 Å². The van der Waals surface area contributed by atoms with E-state index in [0.717, 1.165) is 12.8 Å². The molecule has 0 aliphatic heterocycles. The number of carbonyl (C=O) groups excluding carboxylic acids is 1. The second kappa shape index (κ2) is 6.61. The lowest BCUT2D eigenvalue weighted by Crippen LogP contribution is -2.44. The van der Waals surface area contributed by atoms with E-state index in [-0.39, 0.29) is 11.9 Å². The van der Waals surface area contributed by atoms with E-state index in [0.29, 0.717) is 19.1 Å². The molecular formula is C13H23N3O. The molecule has 0 radical (unpaired) electrons. The molecule has 0 bridgehead atoms. The zero-order chi connectivity index (χ0) is 12.8. The summed E-state index contributed by atoms with van der Waals surface area (Å²) in [5.74, 6) is 0.113. The molecule has 0 N–H and O–H groups in total. The molecule has 1 amide bonds. The molecule has 17 heavy (non-hydrogen) atoms. The van der Waals surface area contributed by atoms with Crippen molar-refractivity contribution in [1.82, 2.24) is 9.80 Å². The maximum absolute atomic E-state index is 12.0. The van der Waals surface area contributed by atoms with Crippen LogP contribution in [0.1, 0.15) is 39.5 Å². The van der Waals surface area contributed by atoms with E-state index in [1.807, 2.05) is 25.8 Å². The molecule has 0 saturated heterocycles. The van der Waals surface area contributed by atoms with Crippen LogP contribution in [0.5, 0.6) is 0 Å². The number of amides is 1. The fourth-order valence-electron chi connectivity index (χ4n) is 2.25. The largest absolute Gasteiger partial charge is 0.342 e. The summed E-state index contributed by atoms with van der Waals surface area (Å²) in [7, 11) is 1.83. The normalized spacial score (nSPS) is 16.5. The van der Waals surface area contributed by atoms with Crippen molar-refractivity contribution in [2.75, 3.05) is 20.1 Å². The third-order valence-electron chi connectivity index (χ3n) is 3.62. The van der Waals surface area contributed by atoms with Gasteiger partial charge in [0, 0.05) is 19.1 Å². The van der Waals surface area contributed by atoms with E-state index in [1.54, 1.807) is 4.90 Å². The molecule has 0 aromatic carbocycles. The lowest BCUT2D eigenvalue weighted by molar-refractivity contribution is -0.133. The average Bonchev–Trinajstić information content (AvgIpc) is 2.80. The van der Waals surface area contributed by atoms with Gasteiger partial charge < -0.3 is 4.90 Å². The van der Waals surface area contributed by atoms with E-state index in [9.17, 15) is 4.79 Å². The van der Waals surface area contributed by atoms with Crippen molar-refractivity contribution >= 4 is 5.91 Å². The molecule has 0 unspecified atom stereocenters. The Morgan fingerprint density at radius 1 is 1.41 bits per heavy atom. The number of nitriles is 1. The minimum atomic E-state index is 0.113. The number of rotatable bonds is 5. The van der Waals surface area contributed by atoms with Crippen molar-refractivity contribution in [3.8, 4) is 6.07 Å². The summed E-state index contributed by atoms with van der Waals surface area (Å²) in [6, 6.07) is 2.82. The molecule has 1 rings (SSSR count). The summed E-state index contributed by atoms with van der Waals surface area (Å²) in [5, 5.41) is 8.84. The third kappa shape index (κ3) is 4.01. The second-order valence-corrected chi connectivity index (χ2v) is 5.10. The summed E-state index contributed by atoms with van der Waals surface area (Å²) < 4.78 is 0. The maximum Gasteiger partial charge on any atom is 0.236 e. The lowest BCUT2D eigenvalue weighted by atomic mass is 10.2. The zero-order valence-electron chi connectivity index (χ0n) is 11.1. The van der Waals surface area contributed by atoms with Crippen LogP contribution in [-0.2, 0) is 4.79 Å². The van der Waals surface area contributed by atoms with Gasteiger partial charge in [0.2, 0.25) is 5.91 Å². The molecular weight excluding hydrogens is 214 g/mol. The Kier molecular flexibility index (Phi) is 5.43. The van der Waals surface area contributed by atoms with Crippen molar-refractivity contribution in [3.63, 3.8) is 0 Å². The molecule has 0 spiro atoms. The van der Waals surface area contributed by atoms with Crippen LogP contribution in [0.15, 0.2) is 0 Å². The van der Waals surface area contributed by atoms with Crippen molar-refractivity contribution in [1.29, 1.82) is 5.26 Å². The van der Waals surface area contributed by atoms with E-state index >= 15 is 0 Å². The molecule has 1 aliphatic carbocycles. The predicted octanol–water partition coefficient (Wildman–Crippen LogP) is 1.62. The molecule has 0 atom stereocenters. The summed E-state index contributed by atoms with van der Waals surface area (Å²) >= 11 is 0. The topological polar surface area (TPSA) is 47.3 Å². The first kappa shape index (κ1) is 14.0. The Hall–Kier alpha value is -1.08. The number of nitrogens with zero attached hydrogens (tertiary/aromatic N) is 3. The lowest BCUT2D eigenvalue weighted by Gasteiger charge is -2.29. The smallest absolute Gasteiger partial charge is 0.236 e. The average molecular weight is 237 g/mol. The Labute approximate surface area is 104 Å². The summed E-state index contributed by atoms with van der Waals surface area (Å²) in [5.41, 5.74) is 0. The van der Waals surface area contributed by atoms with Gasteiger partial charge in [-0.2, -0.15) is 5.26 Å². The van der Waals surface area contributed by atoms with Crippen molar-refractivity contribution in [2.45, 2.75) is 51.6 Å². The number of likely N-dealkylation sites (N-methyl/N-ethyl adjacent to an activating group) is 1. The van der Waals surface area contributed by atoms with Crippen LogP contribution in [0.3, 0.4) is 0 Å². The first-order chi connectivity index (χ1) is 8.06. The van der Waals surface area contributed by atoms with Crippen molar-refractivity contribution in [3.05, 3.63) is 0 Å². The zero-order valence-corrected chi connectivity index (χ0v) is 11.1.